The topological polar surface area (TPSA) is 80.5 Å². The minimum Gasteiger partial charge on any atom is -0.339 e. The highest BCUT2D eigenvalue weighted by Crippen LogP contribution is 2.30. The summed E-state index contributed by atoms with van der Waals surface area (Å²) in [7, 11) is -4.33. The molecule has 1 saturated carbocycles. The molecule has 0 spiro atoms. The molecular weight excluding hydrogens is 302 g/mol. The summed E-state index contributed by atoms with van der Waals surface area (Å²) in [5, 5.41) is 4.98. The molecule has 0 atom stereocenters. The number of rotatable bonds is 5. The molecule has 0 saturated heterocycles. The number of primary sulfonamides is 1. The number of carbonyl (C=O) groups excluding carboxylic acids is 1. The summed E-state index contributed by atoms with van der Waals surface area (Å²) in [6, 6.07) is 1.04. The zero-order valence-corrected chi connectivity index (χ0v) is 12.3. The van der Waals surface area contributed by atoms with E-state index in [1.54, 1.807) is 6.92 Å². The van der Waals surface area contributed by atoms with E-state index in [1.807, 2.05) is 0 Å². The first kappa shape index (κ1) is 15.8. The largest absolute Gasteiger partial charge is 0.339 e. The van der Waals surface area contributed by atoms with Crippen molar-refractivity contribution in [2.45, 2.75) is 24.7 Å². The summed E-state index contributed by atoms with van der Waals surface area (Å²) in [6.07, 6.45) is 2.01. The molecule has 5 nitrogen and oxygen atoms in total. The van der Waals surface area contributed by atoms with Crippen LogP contribution in [0.2, 0.25) is 0 Å². The van der Waals surface area contributed by atoms with E-state index in [9.17, 15) is 22.0 Å². The number of hydrogen-bond donors (Lipinski definition) is 1. The highest BCUT2D eigenvalue weighted by Gasteiger charge is 2.30. The highest BCUT2D eigenvalue weighted by molar-refractivity contribution is 7.89. The molecule has 1 aliphatic rings. The zero-order valence-electron chi connectivity index (χ0n) is 11.5. The van der Waals surface area contributed by atoms with E-state index in [2.05, 4.69) is 0 Å². The lowest BCUT2D eigenvalue weighted by atomic mass is 10.1. The van der Waals surface area contributed by atoms with Crippen molar-refractivity contribution in [2.75, 3.05) is 13.1 Å². The van der Waals surface area contributed by atoms with Gasteiger partial charge in [0.15, 0.2) is 11.6 Å². The molecule has 1 aliphatic carbocycles. The van der Waals surface area contributed by atoms with Crippen molar-refractivity contribution < 1.29 is 22.0 Å². The third kappa shape index (κ3) is 3.56. The van der Waals surface area contributed by atoms with Crippen LogP contribution in [0.4, 0.5) is 8.78 Å². The van der Waals surface area contributed by atoms with Crippen molar-refractivity contribution in [3.05, 3.63) is 29.3 Å². The summed E-state index contributed by atoms with van der Waals surface area (Å²) in [4.78, 5) is 13.1. The Morgan fingerprint density at radius 2 is 1.90 bits per heavy atom. The predicted octanol–water partition coefficient (Wildman–Crippen LogP) is 1.48. The van der Waals surface area contributed by atoms with Gasteiger partial charge in [-0.25, -0.2) is 22.3 Å². The van der Waals surface area contributed by atoms with E-state index >= 15 is 0 Å². The Kier molecular flexibility index (Phi) is 4.29. The maximum Gasteiger partial charge on any atom is 0.255 e. The summed E-state index contributed by atoms with van der Waals surface area (Å²) >= 11 is 0. The van der Waals surface area contributed by atoms with Crippen LogP contribution in [0.5, 0.6) is 0 Å². The molecule has 0 heterocycles. The number of nitrogens with two attached hydrogens (primary N) is 1. The van der Waals surface area contributed by atoms with Gasteiger partial charge < -0.3 is 4.90 Å². The molecule has 0 aliphatic heterocycles. The van der Waals surface area contributed by atoms with Gasteiger partial charge in [-0.2, -0.15) is 0 Å². The fourth-order valence-electron chi connectivity index (χ4n) is 2.07. The Labute approximate surface area is 121 Å². The van der Waals surface area contributed by atoms with Crippen molar-refractivity contribution in [3.8, 4) is 0 Å². The fourth-order valence-corrected chi connectivity index (χ4v) is 2.79. The van der Waals surface area contributed by atoms with Crippen LogP contribution >= 0.6 is 0 Å². The van der Waals surface area contributed by atoms with Crippen LogP contribution in [0.25, 0.3) is 0 Å². The first-order valence-electron chi connectivity index (χ1n) is 6.55. The zero-order chi connectivity index (χ0) is 15.8. The first-order valence-corrected chi connectivity index (χ1v) is 8.09. The Morgan fingerprint density at radius 3 is 2.38 bits per heavy atom. The van der Waals surface area contributed by atoms with Crippen LogP contribution in [-0.4, -0.2) is 32.3 Å². The molecule has 0 bridgehead atoms. The van der Waals surface area contributed by atoms with E-state index in [1.165, 1.54) is 4.90 Å². The maximum atomic E-state index is 13.4. The van der Waals surface area contributed by atoms with E-state index in [-0.39, 0.29) is 0 Å². The van der Waals surface area contributed by atoms with E-state index in [0.717, 1.165) is 12.8 Å². The smallest absolute Gasteiger partial charge is 0.255 e. The van der Waals surface area contributed by atoms with Gasteiger partial charge in [0, 0.05) is 13.1 Å². The molecule has 116 valence electrons. The molecule has 1 fully saturated rings. The number of hydrogen-bond acceptors (Lipinski definition) is 3. The SMILES string of the molecule is CCN(CC1CC1)C(=O)c1cc(F)c(F)cc1S(N)(=O)=O. The molecule has 0 unspecified atom stereocenters. The minimum absolute atomic E-state index is 0.346. The second-order valence-corrected chi connectivity index (χ2v) is 6.62. The van der Waals surface area contributed by atoms with Crippen LogP contribution in [-0.2, 0) is 10.0 Å². The number of amides is 1. The fraction of sp³-hybridized carbons (Fsp3) is 0.462. The van der Waals surface area contributed by atoms with Gasteiger partial charge in [-0.15, -0.1) is 0 Å². The molecule has 0 aromatic heterocycles. The second kappa shape index (κ2) is 5.69. The Morgan fingerprint density at radius 1 is 1.33 bits per heavy atom. The number of halogens is 2. The highest BCUT2D eigenvalue weighted by atomic mass is 32.2. The lowest BCUT2D eigenvalue weighted by Crippen LogP contribution is -2.34. The molecule has 1 amide bonds. The normalized spacial score (nSPS) is 15.0. The van der Waals surface area contributed by atoms with Gasteiger partial charge in [0.1, 0.15) is 0 Å². The standard InChI is InChI=1S/C13H16F2N2O3S/c1-2-17(7-8-3-4-8)13(18)9-5-10(14)11(15)6-12(9)21(16,19)20/h5-6,8H,2-4,7H2,1H3,(H2,16,19,20). The summed E-state index contributed by atoms with van der Waals surface area (Å²) < 4.78 is 49.6. The summed E-state index contributed by atoms with van der Waals surface area (Å²) in [6.45, 7) is 2.55. The third-order valence-electron chi connectivity index (χ3n) is 3.40. The molecule has 21 heavy (non-hydrogen) atoms. The number of sulfonamides is 1. The Balaban J connectivity index is 2.45. The van der Waals surface area contributed by atoms with Gasteiger partial charge >= 0.3 is 0 Å². The van der Waals surface area contributed by atoms with Crippen molar-refractivity contribution in [1.29, 1.82) is 0 Å². The lowest BCUT2D eigenvalue weighted by Gasteiger charge is -2.22. The van der Waals surface area contributed by atoms with E-state index < -0.39 is 38.0 Å². The second-order valence-electron chi connectivity index (χ2n) is 5.09. The van der Waals surface area contributed by atoms with Gasteiger partial charge in [0.05, 0.1) is 10.5 Å². The minimum atomic E-state index is -4.33. The van der Waals surface area contributed by atoms with Gasteiger partial charge in [0.2, 0.25) is 10.0 Å². The predicted molar refractivity (Wildman–Crippen MR) is 72.0 cm³/mol. The monoisotopic (exact) mass is 318 g/mol. The summed E-state index contributed by atoms with van der Waals surface area (Å²) in [5.74, 6) is -2.92. The quantitative estimate of drug-likeness (QED) is 0.893. The number of nitrogens with zero attached hydrogens (tertiary/aromatic N) is 1. The average molecular weight is 318 g/mol. The molecule has 1 aromatic carbocycles. The van der Waals surface area contributed by atoms with Gasteiger partial charge in [-0.1, -0.05) is 0 Å². The van der Waals surface area contributed by atoms with Gasteiger partial charge in [-0.3, -0.25) is 4.79 Å². The Hall–Kier alpha value is -1.54. The van der Waals surface area contributed by atoms with Crippen molar-refractivity contribution >= 4 is 15.9 Å². The van der Waals surface area contributed by atoms with Gasteiger partial charge in [-0.05, 0) is 37.8 Å². The lowest BCUT2D eigenvalue weighted by molar-refractivity contribution is 0.0752. The van der Waals surface area contributed by atoms with Crippen LogP contribution in [0, 0.1) is 17.6 Å². The molecule has 2 N–H and O–H groups in total. The van der Waals surface area contributed by atoms with Crippen molar-refractivity contribution in [3.63, 3.8) is 0 Å². The molecule has 2 rings (SSSR count). The molecule has 8 heteroatoms. The van der Waals surface area contributed by atoms with Crippen molar-refractivity contribution in [1.82, 2.24) is 4.90 Å². The van der Waals surface area contributed by atoms with Crippen LogP contribution in [0.1, 0.15) is 30.1 Å². The first-order chi connectivity index (χ1) is 9.74. The summed E-state index contributed by atoms with van der Waals surface area (Å²) in [5.41, 5.74) is -0.432. The molecule has 0 radical (unpaired) electrons. The van der Waals surface area contributed by atoms with E-state index in [4.69, 9.17) is 5.14 Å². The van der Waals surface area contributed by atoms with Crippen LogP contribution in [0.3, 0.4) is 0 Å². The van der Waals surface area contributed by atoms with Gasteiger partial charge in [0.25, 0.3) is 5.91 Å². The maximum absolute atomic E-state index is 13.4. The number of benzene rings is 1. The molecule has 1 aromatic rings. The third-order valence-corrected chi connectivity index (χ3v) is 4.35. The van der Waals surface area contributed by atoms with Crippen LogP contribution < -0.4 is 5.14 Å². The van der Waals surface area contributed by atoms with Crippen molar-refractivity contribution in [2.24, 2.45) is 11.1 Å². The van der Waals surface area contributed by atoms with Crippen LogP contribution in [0.15, 0.2) is 17.0 Å². The number of carbonyl (C=O) groups is 1. The average Bonchev–Trinajstić information content (AvgIpc) is 3.20. The Bertz CT molecular complexity index is 672. The van der Waals surface area contributed by atoms with E-state index in [0.29, 0.717) is 31.1 Å². The molecular formula is C13H16F2N2O3S.